The number of alkyl halides is 3. The molecule has 128 valence electrons. The summed E-state index contributed by atoms with van der Waals surface area (Å²) in [6.07, 6.45) is -1.03. The average Bonchev–Trinajstić information content (AvgIpc) is 3.08. The third kappa shape index (κ3) is 4.23. The van der Waals surface area contributed by atoms with Crippen LogP contribution < -0.4 is 5.32 Å². The average molecular weight is 336 g/mol. The number of nitrogens with zero attached hydrogens (tertiary/aromatic N) is 3. The summed E-state index contributed by atoms with van der Waals surface area (Å²) >= 11 is 0. The fraction of sp³-hybridized carbons (Fsp3) is 0.412. The van der Waals surface area contributed by atoms with Crippen LogP contribution in [0.2, 0.25) is 0 Å². The van der Waals surface area contributed by atoms with E-state index in [1.807, 2.05) is 30.3 Å². The number of hydrogen-bond acceptors (Lipinski definition) is 4. The van der Waals surface area contributed by atoms with E-state index in [9.17, 15) is 13.2 Å². The highest BCUT2D eigenvalue weighted by Gasteiger charge is 2.33. The van der Waals surface area contributed by atoms with Gasteiger partial charge in [-0.05, 0) is 37.6 Å². The van der Waals surface area contributed by atoms with Gasteiger partial charge in [0.25, 0.3) is 0 Å². The highest BCUT2D eigenvalue weighted by Crippen LogP contribution is 2.28. The molecule has 1 atom stereocenters. The van der Waals surface area contributed by atoms with Gasteiger partial charge in [0.1, 0.15) is 5.69 Å². The Morgan fingerprint density at radius 2 is 1.79 bits per heavy atom. The normalized spacial score (nSPS) is 17.0. The van der Waals surface area contributed by atoms with Gasteiger partial charge in [-0.3, -0.25) is 0 Å². The van der Waals surface area contributed by atoms with Crippen molar-refractivity contribution in [3.63, 3.8) is 0 Å². The quantitative estimate of drug-likeness (QED) is 0.903. The molecule has 1 unspecified atom stereocenters. The second kappa shape index (κ2) is 7.17. The molecule has 0 amide bonds. The Labute approximate surface area is 138 Å². The Morgan fingerprint density at radius 3 is 2.46 bits per heavy atom. The summed E-state index contributed by atoms with van der Waals surface area (Å²) in [5, 5.41) is 3.07. The number of hydrogen-bond donors (Lipinski definition) is 1. The molecule has 0 saturated carbocycles. The monoisotopic (exact) mass is 336 g/mol. The van der Waals surface area contributed by atoms with E-state index in [4.69, 9.17) is 0 Å². The lowest BCUT2D eigenvalue weighted by atomic mass is 10.1. The van der Waals surface area contributed by atoms with Crippen molar-refractivity contribution in [2.24, 2.45) is 0 Å². The van der Waals surface area contributed by atoms with Crippen molar-refractivity contribution in [1.29, 1.82) is 0 Å². The molecule has 0 aliphatic carbocycles. The van der Waals surface area contributed by atoms with Crippen LogP contribution in [0, 0.1) is 0 Å². The number of likely N-dealkylation sites (tertiary alicyclic amines) is 1. The molecule has 2 aromatic rings. The van der Waals surface area contributed by atoms with E-state index < -0.39 is 11.9 Å². The lowest BCUT2D eigenvalue weighted by molar-refractivity contribution is -0.141. The molecule has 24 heavy (non-hydrogen) atoms. The van der Waals surface area contributed by atoms with E-state index >= 15 is 0 Å². The van der Waals surface area contributed by atoms with Gasteiger partial charge < -0.3 is 10.2 Å². The van der Waals surface area contributed by atoms with Crippen LogP contribution in [-0.4, -0.2) is 34.5 Å². The number of anilines is 1. The van der Waals surface area contributed by atoms with Crippen LogP contribution in [0.4, 0.5) is 19.1 Å². The predicted molar refractivity (Wildman–Crippen MR) is 85.5 cm³/mol. The molecule has 1 saturated heterocycles. The summed E-state index contributed by atoms with van der Waals surface area (Å²) in [4.78, 5) is 9.87. The van der Waals surface area contributed by atoms with Crippen molar-refractivity contribution < 1.29 is 13.2 Å². The topological polar surface area (TPSA) is 41.1 Å². The maximum Gasteiger partial charge on any atom is 0.433 e. The Hall–Kier alpha value is -2.15. The molecule has 2 heterocycles. The highest BCUT2D eigenvalue weighted by atomic mass is 19.4. The third-order valence-corrected chi connectivity index (χ3v) is 4.09. The molecule has 7 heteroatoms. The fourth-order valence-corrected chi connectivity index (χ4v) is 2.89. The first-order valence-corrected chi connectivity index (χ1v) is 7.96. The maximum atomic E-state index is 12.8. The Balaban J connectivity index is 1.81. The second-order valence-corrected chi connectivity index (χ2v) is 5.88. The summed E-state index contributed by atoms with van der Waals surface area (Å²) < 4.78 is 38.5. The van der Waals surface area contributed by atoms with Gasteiger partial charge in [0.15, 0.2) is 0 Å². The van der Waals surface area contributed by atoms with Crippen LogP contribution in [0.5, 0.6) is 0 Å². The van der Waals surface area contributed by atoms with Crippen LogP contribution in [0.3, 0.4) is 0 Å². The summed E-state index contributed by atoms with van der Waals surface area (Å²) in [5.41, 5.74) is 0.0680. The van der Waals surface area contributed by atoms with E-state index in [-0.39, 0.29) is 12.0 Å². The van der Waals surface area contributed by atoms with Gasteiger partial charge in [-0.25, -0.2) is 9.97 Å². The number of nitrogens with one attached hydrogen (secondary N) is 1. The van der Waals surface area contributed by atoms with E-state index in [0.29, 0.717) is 6.54 Å². The van der Waals surface area contributed by atoms with E-state index in [2.05, 4.69) is 20.2 Å². The van der Waals surface area contributed by atoms with Crippen molar-refractivity contribution in [3.8, 4) is 0 Å². The van der Waals surface area contributed by atoms with Gasteiger partial charge >= 0.3 is 6.18 Å². The molecule has 1 aromatic heterocycles. The smallest absolute Gasteiger partial charge is 0.346 e. The molecule has 3 rings (SSSR count). The minimum atomic E-state index is -4.48. The number of benzene rings is 1. The minimum absolute atomic E-state index is 0.00197. The fourth-order valence-electron chi connectivity index (χ4n) is 2.89. The predicted octanol–water partition coefficient (Wildman–Crippen LogP) is 3.74. The Kier molecular flexibility index (Phi) is 4.99. The first-order valence-electron chi connectivity index (χ1n) is 7.96. The van der Waals surface area contributed by atoms with Gasteiger partial charge in [0.2, 0.25) is 5.95 Å². The molecular formula is C17H19F3N4. The lowest BCUT2D eigenvalue weighted by Gasteiger charge is -2.25. The van der Waals surface area contributed by atoms with Crippen molar-refractivity contribution in [2.45, 2.75) is 25.1 Å². The molecule has 1 N–H and O–H groups in total. The van der Waals surface area contributed by atoms with Crippen LogP contribution >= 0.6 is 0 Å². The van der Waals surface area contributed by atoms with Crippen LogP contribution in [-0.2, 0) is 6.18 Å². The zero-order valence-corrected chi connectivity index (χ0v) is 13.1. The minimum Gasteiger partial charge on any atom is -0.346 e. The van der Waals surface area contributed by atoms with Crippen LogP contribution in [0.15, 0.2) is 42.6 Å². The van der Waals surface area contributed by atoms with Gasteiger partial charge in [-0.15, -0.1) is 0 Å². The molecule has 1 aliphatic heterocycles. The van der Waals surface area contributed by atoms with Gasteiger partial charge in [0, 0.05) is 12.7 Å². The molecule has 0 bridgehead atoms. The molecule has 1 aliphatic rings. The summed E-state index contributed by atoms with van der Waals surface area (Å²) in [6.45, 7) is 2.73. The zero-order chi connectivity index (χ0) is 17.0. The number of aromatic nitrogens is 2. The summed E-state index contributed by atoms with van der Waals surface area (Å²) in [6, 6.07) is 10.4. The maximum absolute atomic E-state index is 12.8. The van der Waals surface area contributed by atoms with Crippen molar-refractivity contribution in [2.75, 3.05) is 25.0 Å². The van der Waals surface area contributed by atoms with Gasteiger partial charge in [-0.2, -0.15) is 13.2 Å². The van der Waals surface area contributed by atoms with Crippen LogP contribution in [0.1, 0.15) is 30.1 Å². The number of rotatable bonds is 5. The SMILES string of the molecule is FC(F)(F)c1ccnc(NC(CN2CCCC2)c2ccccc2)n1. The highest BCUT2D eigenvalue weighted by molar-refractivity contribution is 5.33. The number of halogens is 3. The first-order chi connectivity index (χ1) is 11.5. The molecule has 1 fully saturated rings. The first kappa shape index (κ1) is 16.7. The third-order valence-electron chi connectivity index (χ3n) is 4.09. The standard InChI is InChI=1S/C17H19F3N4/c18-17(19,20)15-8-9-21-16(23-15)22-14(12-24-10-4-5-11-24)13-6-2-1-3-7-13/h1-3,6-9,14H,4-5,10-12H2,(H,21,22,23). The van der Waals surface area contributed by atoms with E-state index in [1.165, 1.54) is 0 Å². The molecule has 0 spiro atoms. The van der Waals surface area contributed by atoms with Crippen molar-refractivity contribution in [1.82, 2.24) is 14.9 Å². The molecule has 1 aromatic carbocycles. The lowest BCUT2D eigenvalue weighted by Crippen LogP contribution is -2.30. The summed E-state index contributed by atoms with van der Waals surface area (Å²) in [5.74, 6) is -0.00197. The molecule has 4 nitrogen and oxygen atoms in total. The van der Waals surface area contributed by atoms with Gasteiger partial charge in [-0.1, -0.05) is 30.3 Å². The molecular weight excluding hydrogens is 317 g/mol. The molecule has 0 radical (unpaired) electrons. The van der Waals surface area contributed by atoms with Crippen molar-refractivity contribution in [3.05, 3.63) is 53.9 Å². The second-order valence-electron chi connectivity index (χ2n) is 5.88. The Bertz CT molecular complexity index is 654. The summed E-state index contributed by atoms with van der Waals surface area (Å²) in [7, 11) is 0. The van der Waals surface area contributed by atoms with Crippen molar-refractivity contribution >= 4 is 5.95 Å². The zero-order valence-electron chi connectivity index (χ0n) is 13.1. The van der Waals surface area contributed by atoms with E-state index in [1.54, 1.807) is 0 Å². The van der Waals surface area contributed by atoms with E-state index in [0.717, 1.165) is 43.8 Å². The largest absolute Gasteiger partial charge is 0.433 e. The van der Waals surface area contributed by atoms with Crippen LogP contribution in [0.25, 0.3) is 0 Å². The van der Waals surface area contributed by atoms with Gasteiger partial charge in [0.05, 0.1) is 6.04 Å². The Morgan fingerprint density at radius 1 is 1.08 bits per heavy atom.